The van der Waals surface area contributed by atoms with Gasteiger partial charge in [0.1, 0.15) is 12.1 Å². The summed E-state index contributed by atoms with van der Waals surface area (Å²) in [5.74, 6) is 0.808. The Morgan fingerprint density at radius 1 is 1.30 bits per heavy atom. The molecule has 0 N–H and O–H groups in total. The third-order valence-corrected chi connectivity index (χ3v) is 4.97. The lowest BCUT2D eigenvalue weighted by Gasteiger charge is -2.19. The minimum Gasteiger partial charge on any atom is -0.357 e. The third kappa shape index (κ3) is 3.29. The maximum absolute atomic E-state index is 9.00. The van der Waals surface area contributed by atoms with Gasteiger partial charge in [-0.3, -0.25) is 0 Å². The van der Waals surface area contributed by atoms with E-state index in [0.29, 0.717) is 6.54 Å². The molecule has 0 aliphatic heterocycles. The molecule has 2 aromatic heterocycles. The molecule has 1 aromatic carbocycles. The number of rotatable bonds is 4. The van der Waals surface area contributed by atoms with Crippen LogP contribution >= 0.6 is 22.9 Å². The molecule has 0 spiro atoms. The molecule has 3 rings (SSSR count). The molecule has 0 aliphatic rings. The number of fused-ring (bicyclic) bond motifs is 1. The largest absolute Gasteiger partial charge is 0.357 e. The van der Waals surface area contributed by atoms with Crippen molar-refractivity contribution in [2.75, 3.05) is 18.5 Å². The summed E-state index contributed by atoms with van der Waals surface area (Å²) < 4.78 is 1.03. The molecule has 0 amide bonds. The number of nitriles is 1. The summed E-state index contributed by atoms with van der Waals surface area (Å²) in [6.07, 6.45) is 1.57. The van der Waals surface area contributed by atoms with E-state index < -0.39 is 0 Å². The molecule has 2 heterocycles. The van der Waals surface area contributed by atoms with Crippen LogP contribution in [0.2, 0.25) is 5.02 Å². The van der Waals surface area contributed by atoms with Gasteiger partial charge in [-0.15, -0.1) is 11.3 Å². The van der Waals surface area contributed by atoms with E-state index in [4.69, 9.17) is 16.9 Å². The maximum Gasteiger partial charge on any atom is 0.149 e. The van der Waals surface area contributed by atoms with Crippen LogP contribution in [0.25, 0.3) is 20.7 Å². The van der Waals surface area contributed by atoms with Crippen molar-refractivity contribution in [2.24, 2.45) is 5.92 Å². The van der Waals surface area contributed by atoms with Crippen molar-refractivity contribution in [3.8, 4) is 16.5 Å². The van der Waals surface area contributed by atoms with Crippen LogP contribution in [-0.2, 0) is 0 Å². The Bertz CT molecular complexity index is 866. The van der Waals surface area contributed by atoms with Crippen molar-refractivity contribution < 1.29 is 0 Å². The van der Waals surface area contributed by atoms with Gasteiger partial charge >= 0.3 is 0 Å². The molecule has 4 nitrogen and oxygen atoms in total. The third-order valence-electron chi connectivity index (χ3n) is 3.55. The van der Waals surface area contributed by atoms with Crippen molar-refractivity contribution in [2.45, 2.75) is 6.92 Å². The highest BCUT2D eigenvalue weighted by atomic mass is 35.5. The van der Waals surface area contributed by atoms with Crippen molar-refractivity contribution in [1.82, 2.24) is 9.97 Å². The molecule has 6 heteroatoms. The highest BCUT2D eigenvalue weighted by Crippen LogP contribution is 2.36. The molecule has 0 fully saturated rings. The molecule has 0 radical (unpaired) electrons. The fourth-order valence-electron chi connectivity index (χ4n) is 2.41. The summed E-state index contributed by atoms with van der Waals surface area (Å²) in [4.78, 5) is 11.9. The Balaban J connectivity index is 2.01. The van der Waals surface area contributed by atoms with E-state index in [0.717, 1.165) is 31.5 Å². The van der Waals surface area contributed by atoms with Gasteiger partial charge in [0, 0.05) is 23.5 Å². The van der Waals surface area contributed by atoms with E-state index in [1.165, 1.54) is 0 Å². The van der Waals surface area contributed by atoms with Gasteiger partial charge in [-0.1, -0.05) is 23.7 Å². The molecule has 0 saturated carbocycles. The lowest BCUT2D eigenvalue weighted by atomic mass is 10.2. The van der Waals surface area contributed by atoms with Crippen LogP contribution in [0.4, 0.5) is 5.82 Å². The molecule has 0 saturated heterocycles. The fraction of sp³-hybridized carbons (Fsp3) is 0.235. The lowest BCUT2D eigenvalue weighted by Crippen LogP contribution is -2.24. The molecule has 23 heavy (non-hydrogen) atoms. The molecular formula is C17H15ClN4S. The van der Waals surface area contributed by atoms with Gasteiger partial charge in [0.25, 0.3) is 0 Å². The smallest absolute Gasteiger partial charge is 0.149 e. The topological polar surface area (TPSA) is 52.8 Å². The van der Waals surface area contributed by atoms with Crippen LogP contribution in [0.3, 0.4) is 0 Å². The minimum atomic E-state index is -0.0549. The zero-order valence-electron chi connectivity index (χ0n) is 12.8. The Morgan fingerprint density at radius 2 is 2.04 bits per heavy atom. The first-order chi connectivity index (χ1) is 11.1. The zero-order valence-corrected chi connectivity index (χ0v) is 14.4. The number of benzene rings is 1. The second kappa shape index (κ2) is 6.53. The highest BCUT2D eigenvalue weighted by molar-refractivity contribution is 7.22. The monoisotopic (exact) mass is 342 g/mol. The Morgan fingerprint density at radius 3 is 2.74 bits per heavy atom. The predicted octanol–water partition coefficient (Wildman–Crippen LogP) is 4.61. The second-order valence-electron chi connectivity index (χ2n) is 5.44. The number of hydrogen-bond donors (Lipinski definition) is 0. The fourth-order valence-corrected chi connectivity index (χ4v) is 3.69. The second-order valence-corrected chi connectivity index (χ2v) is 6.93. The molecule has 116 valence electrons. The van der Waals surface area contributed by atoms with Gasteiger partial charge in [0.05, 0.1) is 22.2 Å². The van der Waals surface area contributed by atoms with Crippen LogP contribution < -0.4 is 4.90 Å². The molecule has 1 atom stereocenters. The molecule has 0 bridgehead atoms. The number of thiophene rings is 1. The first kappa shape index (κ1) is 15.7. The average Bonchev–Trinajstić information content (AvgIpc) is 2.99. The number of hydrogen-bond acceptors (Lipinski definition) is 5. The molecule has 0 aliphatic carbocycles. The van der Waals surface area contributed by atoms with E-state index in [-0.39, 0.29) is 5.92 Å². The Labute approximate surface area is 144 Å². The van der Waals surface area contributed by atoms with Crippen molar-refractivity contribution in [1.29, 1.82) is 5.26 Å². The van der Waals surface area contributed by atoms with E-state index in [1.807, 2.05) is 43.1 Å². The molecule has 1 unspecified atom stereocenters. The SMILES string of the molecule is CC(C#N)CN(C)c1ncnc2cc(-c3ccc(Cl)cc3)sc12. The Kier molecular flexibility index (Phi) is 4.46. The van der Waals surface area contributed by atoms with Crippen LogP contribution in [-0.4, -0.2) is 23.6 Å². The zero-order chi connectivity index (χ0) is 16.4. The first-order valence-corrected chi connectivity index (χ1v) is 8.39. The van der Waals surface area contributed by atoms with Gasteiger partial charge in [-0.2, -0.15) is 5.26 Å². The highest BCUT2D eigenvalue weighted by Gasteiger charge is 2.15. The normalized spacial score (nSPS) is 12.1. The van der Waals surface area contributed by atoms with Crippen LogP contribution in [0.5, 0.6) is 0 Å². The van der Waals surface area contributed by atoms with Crippen LogP contribution in [0.1, 0.15) is 6.92 Å². The molecule has 3 aromatic rings. The summed E-state index contributed by atoms with van der Waals surface area (Å²) in [6.45, 7) is 2.54. The van der Waals surface area contributed by atoms with Crippen molar-refractivity contribution >= 4 is 39.0 Å². The van der Waals surface area contributed by atoms with Gasteiger partial charge in [-0.25, -0.2) is 9.97 Å². The Hall–Kier alpha value is -2.16. The van der Waals surface area contributed by atoms with Gasteiger partial charge in [0.2, 0.25) is 0 Å². The number of halogens is 1. The number of anilines is 1. The average molecular weight is 343 g/mol. The standard InChI is InChI=1S/C17H15ClN4S/c1-11(8-19)9-22(2)17-16-14(20-10-21-17)7-15(23-16)12-3-5-13(18)6-4-12/h3-7,10-11H,9H2,1-2H3. The number of nitrogens with zero attached hydrogens (tertiary/aromatic N) is 4. The quantitative estimate of drug-likeness (QED) is 0.694. The molecular weight excluding hydrogens is 328 g/mol. The first-order valence-electron chi connectivity index (χ1n) is 7.19. The predicted molar refractivity (Wildman–Crippen MR) is 95.9 cm³/mol. The summed E-state index contributed by atoms with van der Waals surface area (Å²) >= 11 is 7.61. The number of aromatic nitrogens is 2. The summed E-state index contributed by atoms with van der Waals surface area (Å²) in [5.41, 5.74) is 2.03. The summed E-state index contributed by atoms with van der Waals surface area (Å²) in [6, 6.07) is 12.1. The van der Waals surface area contributed by atoms with Crippen molar-refractivity contribution in [3.05, 3.63) is 41.7 Å². The lowest BCUT2D eigenvalue weighted by molar-refractivity contribution is 0.712. The van der Waals surface area contributed by atoms with Gasteiger partial charge < -0.3 is 4.90 Å². The van der Waals surface area contributed by atoms with E-state index >= 15 is 0 Å². The van der Waals surface area contributed by atoms with E-state index in [1.54, 1.807) is 17.7 Å². The van der Waals surface area contributed by atoms with Gasteiger partial charge in [-0.05, 0) is 30.7 Å². The van der Waals surface area contributed by atoms with Crippen LogP contribution in [0.15, 0.2) is 36.7 Å². The van der Waals surface area contributed by atoms with E-state index in [2.05, 4.69) is 22.1 Å². The van der Waals surface area contributed by atoms with Gasteiger partial charge in [0.15, 0.2) is 0 Å². The maximum atomic E-state index is 9.00. The van der Waals surface area contributed by atoms with Crippen LogP contribution in [0, 0.1) is 17.2 Å². The summed E-state index contributed by atoms with van der Waals surface area (Å²) in [7, 11) is 1.96. The van der Waals surface area contributed by atoms with Crippen molar-refractivity contribution in [3.63, 3.8) is 0 Å². The minimum absolute atomic E-state index is 0.0549. The summed E-state index contributed by atoms with van der Waals surface area (Å²) in [5, 5.41) is 9.72. The van der Waals surface area contributed by atoms with E-state index in [9.17, 15) is 0 Å².